The highest BCUT2D eigenvalue weighted by Crippen LogP contribution is 2.42. The van der Waals surface area contributed by atoms with Crippen molar-refractivity contribution < 1.29 is 0 Å². The summed E-state index contributed by atoms with van der Waals surface area (Å²) in [7, 11) is 0. The van der Waals surface area contributed by atoms with E-state index in [1.807, 2.05) is 17.4 Å². The van der Waals surface area contributed by atoms with Crippen LogP contribution in [0.1, 0.15) is 17.5 Å². The first kappa shape index (κ1) is 19.7. The van der Waals surface area contributed by atoms with Gasteiger partial charge in [-0.1, -0.05) is 72.3 Å². The van der Waals surface area contributed by atoms with Gasteiger partial charge in [-0.25, -0.2) is 0 Å². The summed E-state index contributed by atoms with van der Waals surface area (Å²) in [6.07, 6.45) is 6.86. The highest BCUT2D eigenvalue weighted by atomic mass is 35.5. The minimum absolute atomic E-state index is 0.786. The average Bonchev–Trinajstić information content (AvgIpc) is 3.43. The summed E-state index contributed by atoms with van der Waals surface area (Å²) in [5, 5.41) is 8.54. The van der Waals surface area contributed by atoms with Crippen molar-refractivity contribution in [3.8, 4) is 5.69 Å². The fourth-order valence-corrected chi connectivity index (χ4v) is 7.22. The predicted molar refractivity (Wildman–Crippen MR) is 154 cm³/mol. The maximum atomic E-state index is 6.33. The molecule has 0 saturated heterocycles. The molecule has 1 nitrogen and oxygen atoms in total. The van der Waals surface area contributed by atoms with Gasteiger partial charge in [-0.05, 0) is 65.6 Å². The van der Waals surface area contributed by atoms with Crippen molar-refractivity contribution >= 4 is 81.8 Å². The summed E-state index contributed by atoms with van der Waals surface area (Å²) in [6, 6.07) is 31.1. The van der Waals surface area contributed by atoms with Crippen LogP contribution in [-0.2, 0) is 6.42 Å². The third-order valence-electron chi connectivity index (χ3n) is 7.49. The number of hydrogen-bond donors (Lipinski definition) is 0. The molecule has 2 heterocycles. The first-order chi connectivity index (χ1) is 17.3. The number of aromatic nitrogens is 1. The monoisotopic (exact) mass is 485 g/mol. The Kier molecular flexibility index (Phi) is 4.05. The molecule has 1 aliphatic rings. The van der Waals surface area contributed by atoms with Gasteiger partial charge in [0.25, 0.3) is 0 Å². The standard InChI is InChI=1S/C32H20ClNS/c33-21-11-16-29-27(17-21)25-14-12-22(18-30(25)35-29)34-28-15-10-19-5-1-3-7-23(19)31(28)26-13-9-20-6-2-4-8-24(20)32(26)34/h1,3-5,7-18H,2,6H2. The molecule has 0 radical (unpaired) electrons. The molecule has 166 valence electrons. The van der Waals surface area contributed by atoms with E-state index in [1.165, 1.54) is 69.6 Å². The lowest BCUT2D eigenvalue weighted by atomic mass is 9.94. The molecular weight excluding hydrogens is 466 g/mol. The second kappa shape index (κ2) is 7.21. The SMILES string of the molecule is Clc1ccc2sc3cc(-n4c5ccc6ccccc6c5c5ccc6c(c54)C=CCC6)ccc3c2c1. The summed E-state index contributed by atoms with van der Waals surface area (Å²) in [6.45, 7) is 0. The quantitative estimate of drug-likeness (QED) is 0.218. The highest BCUT2D eigenvalue weighted by molar-refractivity contribution is 7.25. The number of benzene rings is 5. The Morgan fingerprint density at radius 1 is 0.743 bits per heavy atom. The molecule has 0 N–H and O–H groups in total. The topological polar surface area (TPSA) is 4.93 Å². The van der Waals surface area contributed by atoms with Gasteiger partial charge in [-0.3, -0.25) is 0 Å². The number of rotatable bonds is 1. The van der Waals surface area contributed by atoms with Crippen LogP contribution in [0.15, 0.2) is 91.0 Å². The maximum absolute atomic E-state index is 6.33. The summed E-state index contributed by atoms with van der Waals surface area (Å²) in [5.74, 6) is 0. The molecule has 8 rings (SSSR count). The molecule has 0 spiro atoms. The molecule has 0 atom stereocenters. The minimum Gasteiger partial charge on any atom is -0.309 e. The molecule has 0 unspecified atom stereocenters. The van der Waals surface area contributed by atoms with Crippen molar-refractivity contribution in [1.29, 1.82) is 0 Å². The Morgan fingerprint density at radius 2 is 1.66 bits per heavy atom. The first-order valence-electron chi connectivity index (χ1n) is 12.0. The lowest BCUT2D eigenvalue weighted by molar-refractivity contribution is 0.986. The van der Waals surface area contributed by atoms with Crippen LogP contribution in [0.3, 0.4) is 0 Å². The van der Waals surface area contributed by atoms with Gasteiger partial charge in [0.05, 0.1) is 11.0 Å². The zero-order chi connectivity index (χ0) is 23.1. The Hall–Kier alpha value is -3.59. The number of fused-ring (bicyclic) bond motifs is 10. The number of nitrogens with zero attached hydrogens (tertiary/aromatic N) is 1. The van der Waals surface area contributed by atoms with E-state index in [2.05, 4.69) is 95.6 Å². The number of hydrogen-bond acceptors (Lipinski definition) is 1. The molecule has 0 saturated carbocycles. The Bertz CT molecular complexity index is 2020. The largest absolute Gasteiger partial charge is 0.309 e. The molecule has 0 amide bonds. The van der Waals surface area contributed by atoms with Crippen molar-refractivity contribution in [1.82, 2.24) is 4.57 Å². The smallest absolute Gasteiger partial charge is 0.0616 e. The van der Waals surface area contributed by atoms with Crippen molar-refractivity contribution in [3.05, 3.63) is 107 Å². The van der Waals surface area contributed by atoms with E-state index in [1.54, 1.807) is 0 Å². The summed E-state index contributed by atoms with van der Waals surface area (Å²) in [4.78, 5) is 0. The molecule has 0 bridgehead atoms. The van der Waals surface area contributed by atoms with E-state index in [0.717, 1.165) is 17.9 Å². The van der Waals surface area contributed by atoms with Crippen LogP contribution in [-0.4, -0.2) is 4.57 Å². The van der Waals surface area contributed by atoms with Crippen molar-refractivity contribution in [3.63, 3.8) is 0 Å². The lowest BCUT2D eigenvalue weighted by Gasteiger charge is -2.15. The van der Waals surface area contributed by atoms with E-state index in [0.29, 0.717) is 0 Å². The van der Waals surface area contributed by atoms with Crippen LogP contribution in [0.4, 0.5) is 0 Å². The molecular formula is C32H20ClNS. The van der Waals surface area contributed by atoms with Crippen molar-refractivity contribution in [2.75, 3.05) is 0 Å². The summed E-state index contributed by atoms with van der Waals surface area (Å²) in [5.41, 5.74) is 6.57. The fourth-order valence-electron chi connectivity index (χ4n) is 5.93. The number of aryl methyl sites for hydroxylation is 1. The second-order valence-electron chi connectivity index (χ2n) is 9.41. The number of allylic oxidation sites excluding steroid dienone is 1. The minimum atomic E-state index is 0.786. The molecule has 3 heteroatoms. The third-order valence-corrected chi connectivity index (χ3v) is 8.86. The molecule has 2 aromatic heterocycles. The van der Waals surface area contributed by atoms with Crippen LogP contribution < -0.4 is 0 Å². The van der Waals surface area contributed by atoms with Crippen LogP contribution in [0, 0.1) is 0 Å². The van der Waals surface area contributed by atoms with Crippen molar-refractivity contribution in [2.45, 2.75) is 12.8 Å². The van der Waals surface area contributed by atoms with Crippen LogP contribution in [0.2, 0.25) is 5.02 Å². The highest BCUT2D eigenvalue weighted by Gasteiger charge is 2.20. The van der Waals surface area contributed by atoms with E-state index in [4.69, 9.17) is 11.6 Å². The molecule has 0 aliphatic heterocycles. The Labute approximate surface area is 211 Å². The third kappa shape index (κ3) is 2.75. The average molecular weight is 486 g/mol. The Balaban J connectivity index is 1.54. The maximum Gasteiger partial charge on any atom is 0.0616 e. The number of thiophene rings is 1. The van der Waals surface area contributed by atoms with Gasteiger partial charge < -0.3 is 4.57 Å². The second-order valence-corrected chi connectivity index (χ2v) is 10.9. The van der Waals surface area contributed by atoms with Crippen LogP contribution in [0.25, 0.3) is 64.5 Å². The van der Waals surface area contributed by atoms with Gasteiger partial charge in [-0.2, -0.15) is 0 Å². The molecule has 5 aromatic carbocycles. The molecule has 7 aromatic rings. The zero-order valence-electron chi connectivity index (χ0n) is 18.9. The van der Waals surface area contributed by atoms with Gasteiger partial charge >= 0.3 is 0 Å². The van der Waals surface area contributed by atoms with Crippen molar-refractivity contribution in [2.24, 2.45) is 0 Å². The van der Waals surface area contributed by atoms with E-state index in [9.17, 15) is 0 Å². The van der Waals surface area contributed by atoms with E-state index in [-0.39, 0.29) is 0 Å². The van der Waals surface area contributed by atoms with Gasteiger partial charge in [0.2, 0.25) is 0 Å². The molecule has 1 aliphatic carbocycles. The van der Waals surface area contributed by atoms with Gasteiger partial charge in [0.15, 0.2) is 0 Å². The van der Waals surface area contributed by atoms with Gasteiger partial charge in [0.1, 0.15) is 0 Å². The van der Waals surface area contributed by atoms with Crippen LogP contribution >= 0.6 is 22.9 Å². The Morgan fingerprint density at radius 3 is 2.63 bits per heavy atom. The van der Waals surface area contributed by atoms with Gasteiger partial charge in [0, 0.05) is 47.2 Å². The zero-order valence-corrected chi connectivity index (χ0v) is 20.5. The fraction of sp³-hybridized carbons (Fsp3) is 0.0625. The summed E-state index contributed by atoms with van der Waals surface area (Å²) >= 11 is 8.17. The van der Waals surface area contributed by atoms with E-state index < -0.39 is 0 Å². The predicted octanol–water partition coefficient (Wildman–Crippen LogP) is 9.92. The molecule has 35 heavy (non-hydrogen) atoms. The number of halogens is 1. The summed E-state index contributed by atoms with van der Waals surface area (Å²) < 4.78 is 5.05. The molecule has 0 fully saturated rings. The van der Waals surface area contributed by atoms with Gasteiger partial charge in [-0.15, -0.1) is 11.3 Å². The van der Waals surface area contributed by atoms with E-state index >= 15 is 0 Å². The first-order valence-corrected chi connectivity index (χ1v) is 13.2. The normalized spacial score (nSPS) is 13.5. The van der Waals surface area contributed by atoms with Crippen LogP contribution in [0.5, 0.6) is 0 Å². The lowest BCUT2D eigenvalue weighted by Crippen LogP contribution is -2.00.